The monoisotopic (exact) mass is 365 g/mol. The highest BCUT2D eigenvalue weighted by molar-refractivity contribution is 8.13. The van der Waals surface area contributed by atoms with Crippen LogP contribution in [0.5, 0.6) is 0 Å². The molecular formula is C15H15N3O4S2. The van der Waals surface area contributed by atoms with Crippen molar-refractivity contribution >= 4 is 45.2 Å². The van der Waals surface area contributed by atoms with Crippen molar-refractivity contribution in [2.45, 2.75) is 19.3 Å². The lowest BCUT2D eigenvalue weighted by atomic mass is 10.1. The molecule has 1 saturated heterocycles. The smallest absolute Gasteiger partial charge is 0.326 e. The number of nitriles is 1. The molecule has 2 heterocycles. The Hall–Kier alpha value is -2.05. The van der Waals surface area contributed by atoms with E-state index in [1.165, 1.54) is 16.2 Å². The summed E-state index contributed by atoms with van der Waals surface area (Å²) >= 11 is 2.57. The van der Waals surface area contributed by atoms with Crippen LogP contribution in [0.4, 0.5) is 9.80 Å². The molecule has 0 radical (unpaired) electrons. The van der Waals surface area contributed by atoms with Gasteiger partial charge in [-0.1, -0.05) is 11.8 Å². The fraction of sp³-hybridized carbons (Fsp3) is 0.467. The summed E-state index contributed by atoms with van der Waals surface area (Å²) in [5.41, 5.74) is 1.55. The first-order valence-electron chi connectivity index (χ1n) is 7.50. The van der Waals surface area contributed by atoms with E-state index in [2.05, 4.69) is 11.4 Å². The number of hydrogen-bond acceptors (Lipinski definition) is 7. The molecule has 0 atom stereocenters. The molecule has 1 aromatic heterocycles. The molecule has 1 aromatic rings. The molecule has 0 aromatic carbocycles. The summed E-state index contributed by atoms with van der Waals surface area (Å²) in [6.45, 7) is -0.0611. The SMILES string of the molecule is N#Cc1c(NC(=O)COC(=O)CN2CCSC2=O)sc2c1CCC2. The van der Waals surface area contributed by atoms with Gasteiger partial charge in [0.25, 0.3) is 11.1 Å². The van der Waals surface area contributed by atoms with E-state index < -0.39 is 18.5 Å². The number of amides is 2. The molecule has 1 aliphatic heterocycles. The lowest BCUT2D eigenvalue weighted by Gasteiger charge is -2.13. The zero-order valence-electron chi connectivity index (χ0n) is 12.8. The second-order valence-electron chi connectivity index (χ2n) is 5.42. The summed E-state index contributed by atoms with van der Waals surface area (Å²) in [6.07, 6.45) is 2.83. The minimum absolute atomic E-state index is 0.143. The van der Waals surface area contributed by atoms with E-state index in [0.29, 0.717) is 22.9 Å². The highest BCUT2D eigenvalue weighted by Gasteiger charge is 2.25. The molecule has 9 heteroatoms. The number of ether oxygens (including phenoxy) is 1. The Kier molecular flexibility index (Phi) is 5.06. The van der Waals surface area contributed by atoms with Crippen molar-refractivity contribution in [3.8, 4) is 6.07 Å². The first-order valence-corrected chi connectivity index (χ1v) is 9.30. The molecule has 1 N–H and O–H groups in total. The lowest BCUT2D eigenvalue weighted by Crippen LogP contribution is -2.32. The fourth-order valence-corrected chi connectivity index (χ4v) is 4.77. The van der Waals surface area contributed by atoms with Crippen molar-refractivity contribution in [3.63, 3.8) is 0 Å². The fourth-order valence-electron chi connectivity index (χ4n) is 2.69. The van der Waals surface area contributed by atoms with Crippen molar-refractivity contribution in [2.75, 3.05) is 30.8 Å². The molecule has 2 amide bonds. The summed E-state index contributed by atoms with van der Waals surface area (Å²) in [5, 5.41) is 12.3. The Balaban J connectivity index is 1.50. The molecule has 0 bridgehead atoms. The van der Waals surface area contributed by atoms with E-state index in [9.17, 15) is 19.6 Å². The number of fused-ring (bicyclic) bond motifs is 1. The molecule has 2 aliphatic rings. The van der Waals surface area contributed by atoms with E-state index in [1.54, 1.807) is 0 Å². The summed E-state index contributed by atoms with van der Waals surface area (Å²) in [6, 6.07) is 2.14. The Morgan fingerprint density at radius 3 is 2.92 bits per heavy atom. The number of rotatable bonds is 5. The van der Waals surface area contributed by atoms with Crippen LogP contribution in [0, 0.1) is 11.3 Å². The molecule has 7 nitrogen and oxygen atoms in total. The van der Waals surface area contributed by atoms with Crippen molar-refractivity contribution in [2.24, 2.45) is 0 Å². The normalized spacial score (nSPS) is 16.0. The second kappa shape index (κ2) is 7.23. The summed E-state index contributed by atoms with van der Waals surface area (Å²) < 4.78 is 4.90. The van der Waals surface area contributed by atoms with Gasteiger partial charge in [-0.3, -0.25) is 14.4 Å². The molecule has 1 aliphatic carbocycles. The van der Waals surface area contributed by atoms with Crippen LogP contribution in [0.1, 0.15) is 22.4 Å². The Morgan fingerprint density at radius 2 is 2.21 bits per heavy atom. The number of hydrogen-bond donors (Lipinski definition) is 1. The van der Waals surface area contributed by atoms with Crippen molar-refractivity contribution in [1.82, 2.24) is 4.90 Å². The highest BCUT2D eigenvalue weighted by atomic mass is 32.2. The molecule has 1 fully saturated rings. The first kappa shape index (κ1) is 16.8. The minimum Gasteiger partial charge on any atom is -0.454 e. The molecule has 3 rings (SSSR count). The predicted octanol–water partition coefficient (Wildman–Crippen LogP) is 1.76. The highest BCUT2D eigenvalue weighted by Crippen LogP contribution is 2.38. The van der Waals surface area contributed by atoms with Crippen LogP contribution in [-0.2, 0) is 27.2 Å². The molecular weight excluding hydrogens is 350 g/mol. The zero-order chi connectivity index (χ0) is 17.1. The predicted molar refractivity (Wildman–Crippen MR) is 90.1 cm³/mol. The van der Waals surface area contributed by atoms with Gasteiger partial charge >= 0.3 is 5.97 Å². The van der Waals surface area contributed by atoms with Gasteiger partial charge in [0.2, 0.25) is 0 Å². The average molecular weight is 365 g/mol. The summed E-state index contributed by atoms with van der Waals surface area (Å²) in [5.74, 6) is -0.441. The van der Waals surface area contributed by atoms with Gasteiger partial charge in [-0.2, -0.15) is 5.26 Å². The van der Waals surface area contributed by atoms with E-state index in [1.807, 2.05) is 0 Å². The van der Waals surface area contributed by atoms with Gasteiger partial charge in [0, 0.05) is 17.2 Å². The van der Waals surface area contributed by atoms with E-state index in [0.717, 1.165) is 41.5 Å². The third kappa shape index (κ3) is 3.55. The number of nitrogens with one attached hydrogen (secondary N) is 1. The zero-order valence-corrected chi connectivity index (χ0v) is 14.4. The number of thiophene rings is 1. The van der Waals surface area contributed by atoms with E-state index in [-0.39, 0.29) is 11.8 Å². The number of nitrogens with zero attached hydrogens (tertiary/aromatic N) is 2. The lowest BCUT2D eigenvalue weighted by molar-refractivity contribution is -0.147. The van der Waals surface area contributed by atoms with E-state index in [4.69, 9.17) is 4.74 Å². The number of carbonyl (C=O) groups is 3. The largest absolute Gasteiger partial charge is 0.454 e. The Labute approximate surface area is 146 Å². The molecule has 0 saturated carbocycles. The molecule has 126 valence electrons. The topological polar surface area (TPSA) is 99.5 Å². The van der Waals surface area contributed by atoms with Crippen LogP contribution >= 0.6 is 23.1 Å². The molecule has 24 heavy (non-hydrogen) atoms. The van der Waals surface area contributed by atoms with E-state index >= 15 is 0 Å². The third-order valence-electron chi connectivity index (χ3n) is 3.82. The maximum absolute atomic E-state index is 11.9. The maximum Gasteiger partial charge on any atom is 0.326 e. The number of carbonyl (C=O) groups excluding carboxylic acids is 3. The summed E-state index contributed by atoms with van der Waals surface area (Å²) in [7, 11) is 0. The quantitative estimate of drug-likeness (QED) is 0.798. The average Bonchev–Trinajstić information content (AvgIpc) is 3.22. The second-order valence-corrected chi connectivity index (χ2v) is 7.57. The summed E-state index contributed by atoms with van der Waals surface area (Å²) in [4.78, 5) is 37.6. The van der Waals surface area contributed by atoms with Gasteiger partial charge in [-0.15, -0.1) is 11.3 Å². The van der Waals surface area contributed by atoms with Gasteiger partial charge in [0.05, 0.1) is 5.56 Å². The Morgan fingerprint density at radius 1 is 1.38 bits per heavy atom. The van der Waals surface area contributed by atoms with Crippen molar-refractivity contribution in [1.29, 1.82) is 5.26 Å². The van der Waals surface area contributed by atoms with Gasteiger partial charge < -0.3 is 15.0 Å². The van der Waals surface area contributed by atoms with Gasteiger partial charge in [0.15, 0.2) is 6.61 Å². The maximum atomic E-state index is 11.9. The standard InChI is InChI=1S/C15H15N3O4S2/c16-6-10-9-2-1-3-11(9)24-14(10)17-12(19)8-22-13(20)7-18-4-5-23-15(18)21/h1-5,7-8H2,(H,17,19). The minimum atomic E-state index is -0.616. The van der Waals surface area contributed by atoms with Crippen LogP contribution in [0.15, 0.2) is 0 Å². The van der Waals surface area contributed by atoms with Crippen LogP contribution in [0.25, 0.3) is 0 Å². The number of aryl methyl sites for hydroxylation is 1. The van der Waals surface area contributed by atoms with Crippen LogP contribution in [0.2, 0.25) is 0 Å². The third-order valence-corrected chi connectivity index (χ3v) is 5.91. The van der Waals surface area contributed by atoms with Crippen molar-refractivity contribution < 1.29 is 19.1 Å². The van der Waals surface area contributed by atoms with Gasteiger partial charge in [0.1, 0.15) is 17.6 Å². The molecule has 0 spiro atoms. The van der Waals surface area contributed by atoms with Gasteiger partial charge in [-0.25, -0.2) is 0 Å². The Bertz CT molecular complexity index is 738. The number of anilines is 1. The van der Waals surface area contributed by atoms with Gasteiger partial charge in [-0.05, 0) is 24.8 Å². The van der Waals surface area contributed by atoms with Crippen LogP contribution in [-0.4, -0.2) is 47.5 Å². The number of esters is 1. The van der Waals surface area contributed by atoms with Crippen LogP contribution < -0.4 is 5.32 Å². The molecule has 0 unspecified atom stereocenters. The first-order chi connectivity index (χ1) is 11.6. The van der Waals surface area contributed by atoms with Crippen LogP contribution in [0.3, 0.4) is 0 Å². The number of thioether (sulfide) groups is 1. The van der Waals surface area contributed by atoms with Crippen molar-refractivity contribution in [3.05, 3.63) is 16.0 Å².